The van der Waals surface area contributed by atoms with E-state index in [0.717, 1.165) is 57.8 Å². The van der Waals surface area contributed by atoms with Crippen molar-refractivity contribution in [3.05, 3.63) is 48.6 Å². The van der Waals surface area contributed by atoms with Crippen LogP contribution in [0.4, 0.5) is 0 Å². The molecule has 0 saturated carbocycles. The number of phosphoric acid groups is 1. The summed E-state index contributed by atoms with van der Waals surface area (Å²) in [6.45, 7) is 2.40. The molecule has 294 valence electrons. The molecule has 0 radical (unpaired) electrons. The van der Waals surface area contributed by atoms with Gasteiger partial charge in [0.05, 0.1) is 13.2 Å². The number of carboxylic acids is 1. The second-order valence-corrected chi connectivity index (χ2v) is 14.2. The minimum absolute atomic E-state index is 0.144. The molecule has 0 aromatic rings. The average Bonchev–Trinajstić information content (AvgIpc) is 3.10. The Labute approximate surface area is 307 Å². The predicted octanol–water partition coefficient (Wildman–Crippen LogP) is 9.05. The number of carbonyl (C=O) groups is 3. The summed E-state index contributed by atoms with van der Waals surface area (Å²) in [6, 6.07) is -1.55. The Kier molecular flexibility index (Phi) is 32.8. The number of carboxylic acid groups (broad SMARTS) is 1. The molecule has 0 spiro atoms. The van der Waals surface area contributed by atoms with Crippen molar-refractivity contribution in [2.45, 2.75) is 161 Å². The highest BCUT2D eigenvalue weighted by atomic mass is 31.2. The van der Waals surface area contributed by atoms with Crippen molar-refractivity contribution in [1.82, 2.24) is 5.32 Å². The van der Waals surface area contributed by atoms with E-state index in [9.17, 15) is 34.1 Å². The van der Waals surface area contributed by atoms with Crippen molar-refractivity contribution in [3.8, 4) is 0 Å². The molecule has 0 aliphatic carbocycles. The highest BCUT2D eigenvalue weighted by molar-refractivity contribution is 7.47. The Balaban J connectivity index is 4.02. The lowest BCUT2D eigenvalue weighted by atomic mass is 10.0. The molecule has 0 saturated heterocycles. The second-order valence-electron chi connectivity index (χ2n) is 12.7. The molecule has 1 amide bonds. The Morgan fingerprint density at radius 2 is 1.14 bits per heavy atom. The van der Waals surface area contributed by atoms with Gasteiger partial charge in [-0.15, -0.1) is 0 Å². The molecule has 0 aromatic carbocycles. The number of hydrogen-bond acceptors (Lipinski definition) is 8. The summed E-state index contributed by atoms with van der Waals surface area (Å²) < 4.78 is 26.7. The number of aliphatic carboxylic acids is 1. The lowest BCUT2D eigenvalue weighted by Gasteiger charge is -2.18. The van der Waals surface area contributed by atoms with Crippen LogP contribution in [-0.2, 0) is 32.7 Å². The topological polar surface area (TPSA) is 169 Å². The molecule has 0 aliphatic rings. The number of aliphatic hydroxyl groups is 1. The first kappa shape index (κ1) is 48.4. The highest BCUT2D eigenvalue weighted by Gasteiger charge is 2.28. The number of nitrogens with one attached hydrogen (secondary N) is 1. The van der Waals surface area contributed by atoms with Crippen molar-refractivity contribution in [2.24, 2.45) is 0 Å². The number of carbonyl (C=O) groups excluding carboxylic acids is 2. The number of aliphatic hydroxyl groups excluding tert-OH is 1. The molecule has 3 unspecified atom stereocenters. The fourth-order valence-corrected chi connectivity index (χ4v) is 5.66. The molecule has 11 nitrogen and oxygen atoms in total. The molecule has 0 rings (SSSR count). The van der Waals surface area contributed by atoms with Crippen molar-refractivity contribution < 1.29 is 47.8 Å². The Bertz CT molecular complexity index is 1060. The monoisotopic (exact) mass is 741 g/mol. The summed E-state index contributed by atoms with van der Waals surface area (Å²) in [5.74, 6) is -2.42. The number of unbranched alkanes of at least 4 members (excludes halogenated alkanes) is 13. The van der Waals surface area contributed by atoms with Crippen LogP contribution in [0.1, 0.15) is 149 Å². The SMILES string of the molecule is CC/C=C\C/C=C\C/C=C\C/C=C\CCCCC(=O)OCC(O)COP(=O)(O)OCC(NC(=O)CCCCCCCCCCCCCC)C(=O)O. The van der Waals surface area contributed by atoms with Gasteiger partial charge in [0.25, 0.3) is 0 Å². The summed E-state index contributed by atoms with van der Waals surface area (Å²) in [5, 5.41) is 21.7. The Morgan fingerprint density at radius 3 is 1.69 bits per heavy atom. The van der Waals surface area contributed by atoms with E-state index in [4.69, 9.17) is 13.8 Å². The van der Waals surface area contributed by atoms with Crippen LogP contribution in [-0.4, -0.2) is 64.9 Å². The summed E-state index contributed by atoms with van der Waals surface area (Å²) >= 11 is 0. The first-order chi connectivity index (χ1) is 24.6. The molecule has 0 bridgehead atoms. The van der Waals surface area contributed by atoms with Crippen LogP contribution in [0.2, 0.25) is 0 Å². The van der Waals surface area contributed by atoms with E-state index >= 15 is 0 Å². The van der Waals surface area contributed by atoms with Gasteiger partial charge in [-0.2, -0.15) is 0 Å². The molecule has 3 atom stereocenters. The number of esters is 1. The third kappa shape index (κ3) is 34.3. The molecule has 12 heteroatoms. The normalized spacial score (nSPS) is 14.4. The maximum atomic E-state index is 12.2. The van der Waals surface area contributed by atoms with E-state index in [-0.39, 0.29) is 12.8 Å². The lowest BCUT2D eigenvalue weighted by Crippen LogP contribution is -2.43. The molecule has 0 aliphatic heterocycles. The minimum atomic E-state index is -4.76. The molecular formula is C39H68NO10P. The Hall–Kier alpha value is -2.56. The first-order valence-electron chi connectivity index (χ1n) is 19.2. The first-order valence-corrected chi connectivity index (χ1v) is 20.7. The molecule has 51 heavy (non-hydrogen) atoms. The van der Waals surface area contributed by atoms with Crippen LogP contribution >= 0.6 is 7.82 Å². The smallest absolute Gasteiger partial charge is 0.472 e. The Morgan fingerprint density at radius 1 is 0.647 bits per heavy atom. The van der Waals surface area contributed by atoms with Gasteiger partial charge in [0.1, 0.15) is 12.7 Å². The van der Waals surface area contributed by atoms with Gasteiger partial charge in [-0.05, 0) is 51.4 Å². The number of amides is 1. The largest absolute Gasteiger partial charge is 0.480 e. The lowest BCUT2D eigenvalue weighted by molar-refractivity contribution is -0.147. The number of allylic oxidation sites excluding steroid dienone is 8. The summed E-state index contributed by atoms with van der Waals surface area (Å²) in [7, 11) is -4.76. The van der Waals surface area contributed by atoms with Gasteiger partial charge in [-0.3, -0.25) is 18.6 Å². The van der Waals surface area contributed by atoms with Crippen LogP contribution in [0.3, 0.4) is 0 Å². The van der Waals surface area contributed by atoms with Gasteiger partial charge >= 0.3 is 19.8 Å². The van der Waals surface area contributed by atoms with Crippen LogP contribution in [0.15, 0.2) is 48.6 Å². The van der Waals surface area contributed by atoms with E-state index in [0.29, 0.717) is 12.8 Å². The molecule has 0 aromatic heterocycles. The average molecular weight is 742 g/mol. The molecular weight excluding hydrogens is 673 g/mol. The minimum Gasteiger partial charge on any atom is -0.480 e. The maximum absolute atomic E-state index is 12.2. The van der Waals surface area contributed by atoms with Gasteiger partial charge in [-0.1, -0.05) is 133 Å². The van der Waals surface area contributed by atoms with Crippen LogP contribution in [0.5, 0.6) is 0 Å². The van der Waals surface area contributed by atoms with Crippen LogP contribution in [0, 0.1) is 0 Å². The quantitative estimate of drug-likeness (QED) is 0.0213. The summed E-state index contributed by atoms with van der Waals surface area (Å²) in [5.41, 5.74) is 0. The maximum Gasteiger partial charge on any atom is 0.472 e. The summed E-state index contributed by atoms with van der Waals surface area (Å²) in [6.07, 6.45) is 35.7. The summed E-state index contributed by atoms with van der Waals surface area (Å²) in [4.78, 5) is 45.7. The highest BCUT2D eigenvalue weighted by Crippen LogP contribution is 2.43. The standard InChI is InChI=1S/C39H68NO10P/c1-3-5-7-9-11-13-15-17-18-19-21-23-25-27-29-31-38(43)48-32-35(41)33-49-51(46,47)50-34-36(39(44)45)40-37(42)30-28-26-24-22-20-16-14-12-10-8-6-4-2/h5,7,11,13,17-18,21,23,35-36,41H,3-4,6,8-10,12,14-16,19-20,22,24-34H2,1-2H3,(H,40,42)(H,44,45)(H,46,47)/b7-5-,13-11-,18-17-,23-21-. The zero-order valence-corrected chi connectivity index (χ0v) is 32.3. The van der Waals surface area contributed by atoms with E-state index in [1.54, 1.807) is 0 Å². The fraction of sp³-hybridized carbons (Fsp3) is 0.718. The van der Waals surface area contributed by atoms with Crippen LogP contribution < -0.4 is 5.32 Å². The zero-order valence-electron chi connectivity index (χ0n) is 31.4. The second kappa shape index (κ2) is 34.5. The van der Waals surface area contributed by atoms with E-state index < -0.39 is 57.6 Å². The van der Waals surface area contributed by atoms with Gasteiger partial charge in [-0.25, -0.2) is 9.36 Å². The third-order valence-electron chi connectivity index (χ3n) is 7.88. The molecule has 0 fully saturated rings. The number of phosphoric ester groups is 1. The predicted molar refractivity (Wildman–Crippen MR) is 203 cm³/mol. The van der Waals surface area contributed by atoms with Gasteiger partial charge in [0, 0.05) is 12.8 Å². The van der Waals surface area contributed by atoms with Crippen molar-refractivity contribution >= 4 is 25.7 Å². The van der Waals surface area contributed by atoms with Crippen molar-refractivity contribution in [2.75, 3.05) is 19.8 Å². The van der Waals surface area contributed by atoms with Gasteiger partial charge < -0.3 is 25.2 Å². The zero-order chi connectivity index (χ0) is 37.8. The van der Waals surface area contributed by atoms with Gasteiger partial charge in [0.2, 0.25) is 5.91 Å². The van der Waals surface area contributed by atoms with Crippen LogP contribution in [0.25, 0.3) is 0 Å². The van der Waals surface area contributed by atoms with Crippen molar-refractivity contribution in [1.29, 1.82) is 0 Å². The van der Waals surface area contributed by atoms with E-state index in [2.05, 4.69) is 67.8 Å². The molecule has 4 N–H and O–H groups in total. The van der Waals surface area contributed by atoms with E-state index in [1.165, 1.54) is 51.4 Å². The third-order valence-corrected chi connectivity index (χ3v) is 8.83. The van der Waals surface area contributed by atoms with Gasteiger partial charge in [0.15, 0.2) is 6.04 Å². The fourth-order valence-electron chi connectivity index (χ4n) is 4.89. The number of rotatable bonds is 35. The number of hydrogen-bond donors (Lipinski definition) is 4. The molecule has 0 heterocycles. The van der Waals surface area contributed by atoms with E-state index in [1.807, 2.05) is 0 Å². The number of ether oxygens (including phenoxy) is 1. The van der Waals surface area contributed by atoms with Crippen molar-refractivity contribution in [3.63, 3.8) is 0 Å².